The molecule has 0 amide bonds. The van der Waals surface area contributed by atoms with Crippen molar-refractivity contribution in [3.05, 3.63) is 0 Å². The van der Waals surface area contributed by atoms with E-state index in [-0.39, 0.29) is 0 Å². The summed E-state index contributed by atoms with van der Waals surface area (Å²) in [7, 11) is 2.14. The lowest BCUT2D eigenvalue weighted by molar-refractivity contribution is 0.0680. The van der Waals surface area contributed by atoms with Gasteiger partial charge in [0.1, 0.15) is 0 Å². The van der Waals surface area contributed by atoms with Gasteiger partial charge in [-0.15, -0.1) is 0 Å². The molecule has 1 aliphatic rings. The number of hydrogen-bond donors (Lipinski definition) is 1. The van der Waals surface area contributed by atoms with Gasteiger partial charge in [0.25, 0.3) is 0 Å². The van der Waals surface area contributed by atoms with Crippen molar-refractivity contribution in [2.45, 2.75) is 12.8 Å². The molecule has 1 heterocycles. The summed E-state index contributed by atoms with van der Waals surface area (Å²) in [6.07, 6.45) is 2.55. The standard InChI is InChI=1S/C7H16N2O/c1-9-4-2-3-7(5-9)6-10-8/h7H,2-6,8H2,1H3. The number of nitrogens with zero attached hydrogens (tertiary/aromatic N) is 1. The Hall–Kier alpha value is -0.120. The molecule has 0 radical (unpaired) electrons. The molecule has 1 unspecified atom stereocenters. The summed E-state index contributed by atoms with van der Waals surface area (Å²) < 4.78 is 0. The molecule has 0 aromatic carbocycles. The fourth-order valence-electron chi connectivity index (χ4n) is 1.55. The van der Waals surface area contributed by atoms with Crippen molar-refractivity contribution < 1.29 is 4.84 Å². The Morgan fingerprint density at radius 1 is 1.70 bits per heavy atom. The predicted octanol–water partition coefficient (Wildman–Crippen LogP) is 0.219. The molecule has 0 aromatic rings. The molecule has 0 aliphatic carbocycles. The number of hydrogen-bond acceptors (Lipinski definition) is 3. The maximum Gasteiger partial charge on any atom is 0.0719 e. The van der Waals surface area contributed by atoms with Crippen molar-refractivity contribution in [2.24, 2.45) is 11.8 Å². The van der Waals surface area contributed by atoms with Crippen molar-refractivity contribution >= 4 is 0 Å². The Morgan fingerprint density at radius 2 is 2.50 bits per heavy atom. The quantitative estimate of drug-likeness (QED) is 0.563. The van der Waals surface area contributed by atoms with Crippen molar-refractivity contribution in [3.63, 3.8) is 0 Å². The lowest BCUT2D eigenvalue weighted by Gasteiger charge is -2.28. The molecule has 10 heavy (non-hydrogen) atoms. The third kappa shape index (κ3) is 2.25. The van der Waals surface area contributed by atoms with Crippen LogP contribution in [0.2, 0.25) is 0 Å². The van der Waals surface area contributed by atoms with E-state index in [2.05, 4.69) is 16.8 Å². The van der Waals surface area contributed by atoms with E-state index in [4.69, 9.17) is 5.90 Å². The van der Waals surface area contributed by atoms with Crippen LogP contribution >= 0.6 is 0 Å². The Kier molecular flexibility index (Phi) is 3.12. The van der Waals surface area contributed by atoms with E-state index >= 15 is 0 Å². The first-order valence-corrected chi connectivity index (χ1v) is 3.83. The molecule has 3 heteroatoms. The van der Waals surface area contributed by atoms with Crippen LogP contribution in [0.4, 0.5) is 0 Å². The molecule has 1 aliphatic heterocycles. The van der Waals surface area contributed by atoms with Gasteiger partial charge in [-0.25, -0.2) is 5.90 Å². The Labute approximate surface area is 62.1 Å². The molecule has 2 N–H and O–H groups in total. The minimum Gasteiger partial charge on any atom is -0.306 e. The van der Waals surface area contributed by atoms with E-state index in [1.165, 1.54) is 19.4 Å². The highest BCUT2D eigenvalue weighted by Crippen LogP contribution is 2.14. The summed E-state index contributed by atoms with van der Waals surface area (Å²) >= 11 is 0. The first-order chi connectivity index (χ1) is 4.83. The van der Waals surface area contributed by atoms with Crippen molar-refractivity contribution in [1.29, 1.82) is 0 Å². The van der Waals surface area contributed by atoms with Crippen LogP contribution in [0, 0.1) is 5.92 Å². The lowest BCUT2D eigenvalue weighted by atomic mass is 10.00. The normalized spacial score (nSPS) is 28.8. The average molecular weight is 144 g/mol. The first-order valence-electron chi connectivity index (χ1n) is 3.83. The zero-order valence-corrected chi connectivity index (χ0v) is 6.55. The van der Waals surface area contributed by atoms with Crippen LogP contribution in [0.5, 0.6) is 0 Å². The maximum absolute atomic E-state index is 4.99. The Balaban J connectivity index is 2.18. The van der Waals surface area contributed by atoms with Gasteiger partial charge in [0.15, 0.2) is 0 Å². The summed E-state index contributed by atoms with van der Waals surface area (Å²) in [5.41, 5.74) is 0. The van der Waals surface area contributed by atoms with Crippen LogP contribution < -0.4 is 5.90 Å². The summed E-state index contributed by atoms with van der Waals surface area (Å²) in [6, 6.07) is 0. The highest BCUT2D eigenvalue weighted by atomic mass is 16.6. The van der Waals surface area contributed by atoms with E-state index in [0.29, 0.717) is 12.5 Å². The number of nitrogens with two attached hydrogens (primary N) is 1. The number of likely N-dealkylation sites (tertiary alicyclic amines) is 1. The van der Waals surface area contributed by atoms with Gasteiger partial charge in [-0.05, 0) is 32.4 Å². The van der Waals surface area contributed by atoms with Crippen LogP contribution in [-0.4, -0.2) is 31.6 Å². The summed E-state index contributed by atoms with van der Waals surface area (Å²) in [6.45, 7) is 3.07. The van der Waals surface area contributed by atoms with E-state index in [1.807, 2.05) is 0 Å². The minimum absolute atomic E-state index is 0.656. The predicted molar refractivity (Wildman–Crippen MR) is 40.4 cm³/mol. The second-order valence-corrected chi connectivity index (χ2v) is 3.10. The molecule has 0 spiro atoms. The second kappa shape index (κ2) is 3.91. The Morgan fingerprint density at radius 3 is 3.10 bits per heavy atom. The van der Waals surface area contributed by atoms with Crippen molar-refractivity contribution in [2.75, 3.05) is 26.7 Å². The van der Waals surface area contributed by atoms with Crippen LogP contribution in [0.1, 0.15) is 12.8 Å². The molecule has 1 rings (SSSR count). The molecule has 3 nitrogen and oxygen atoms in total. The Bertz CT molecular complexity index is 95.6. The zero-order valence-electron chi connectivity index (χ0n) is 6.55. The molecule has 60 valence electrons. The molecular formula is C7H16N2O. The molecule has 1 saturated heterocycles. The molecule has 1 atom stereocenters. The lowest BCUT2D eigenvalue weighted by Crippen LogP contribution is -2.34. The van der Waals surface area contributed by atoms with E-state index in [9.17, 15) is 0 Å². The maximum atomic E-state index is 4.99. The van der Waals surface area contributed by atoms with Crippen LogP contribution in [0.3, 0.4) is 0 Å². The van der Waals surface area contributed by atoms with Crippen LogP contribution in [0.25, 0.3) is 0 Å². The largest absolute Gasteiger partial charge is 0.306 e. The summed E-state index contributed by atoms with van der Waals surface area (Å²) in [5, 5.41) is 0. The SMILES string of the molecule is CN1CCCC(CON)C1. The van der Waals surface area contributed by atoms with E-state index in [0.717, 1.165) is 6.54 Å². The fourth-order valence-corrected chi connectivity index (χ4v) is 1.55. The van der Waals surface area contributed by atoms with Gasteiger partial charge >= 0.3 is 0 Å². The molecule has 0 bridgehead atoms. The zero-order chi connectivity index (χ0) is 7.40. The minimum atomic E-state index is 0.656. The monoisotopic (exact) mass is 144 g/mol. The van der Waals surface area contributed by atoms with Crippen molar-refractivity contribution in [1.82, 2.24) is 4.90 Å². The van der Waals surface area contributed by atoms with Gasteiger partial charge in [0, 0.05) is 6.54 Å². The van der Waals surface area contributed by atoms with E-state index in [1.54, 1.807) is 0 Å². The second-order valence-electron chi connectivity index (χ2n) is 3.10. The number of rotatable bonds is 2. The van der Waals surface area contributed by atoms with Gasteiger partial charge in [-0.2, -0.15) is 0 Å². The average Bonchev–Trinajstić information content (AvgIpc) is 1.88. The van der Waals surface area contributed by atoms with Gasteiger partial charge in [0.05, 0.1) is 6.61 Å². The molecule has 0 aromatic heterocycles. The third-order valence-corrected chi connectivity index (χ3v) is 2.05. The van der Waals surface area contributed by atoms with Crippen LogP contribution in [-0.2, 0) is 4.84 Å². The first kappa shape index (κ1) is 7.98. The fraction of sp³-hybridized carbons (Fsp3) is 1.00. The van der Waals surface area contributed by atoms with Gasteiger partial charge in [-0.3, -0.25) is 0 Å². The van der Waals surface area contributed by atoms with Crippen LogP contribution in [0.15, 0.2) is 0 Å². The summed E-state index contributed by atoms with van der Waals surface area (Å²) in [4.78, 5) is 6.93. The van der Waals surface area contributed by atoms with Gasteiger partial charge < -0.3 is 9.74 Å². The smallest absolute Gasteiger partial charge is 0.0719 e. The number of piperidine rings is 1. The van der Waals surface area contributed by atoms with Gasteiger partial charge in [0.2, 0.25) is 0 Å². The summed E-state index contributed by atoms with van der Waals surface area (Å²) in [5.74, 6) is 5.64. The van der Waals surface area contributed by atoms with Crippen molar-refractivity contribution in [3.8, 4) is 0 Å². The topological polar surface area (TPSA) is 38.5 Å². The molecular weight excluding hydrogens is 128 g/mol. The highest BCUT2D eigenvalue weighted by Gasteiger charge is 2.16. The highest BCUT2D eigenvalue weighted by molar-refractivity contribution is 4.69. The van der Waals surface area contributed by atoms with E-state index < -0.39 is 0 Å². The molecule has 1 fully saturated rings. The molecule has 0 saturated carbocycles. The third-order valence-electron chi connectivity index (χ3n) is 2.05. The van der Waals surface area contributed by atoms with Gasteiger partial charge in [-0.1, -0.05) is 0 Å².